The molecular weight excluding hydrogens is 611 g/mol. The molecule has 0 radical (unpaired) electrons. The predicted molar refractivity (Wildman–Crippen MR) is 202 cm³/mol. The molecule has 0 spiro atoms. The Bertz CT molecular complexity index is 2210. The zero-order chi connectivity index (χ0) is 33.2. The summed E-state index contributed by atoms with van der Waals surface area (Å²) in [6.07, 6.45) is 0.883. The second-order valence-corrected chi connectivity index (χ2v) is 13.5. The molecule has 2 N–H and O–H groups in total. The average Bonchev–Trinajstić information content (AvgIpc) is 3.43. The summed E-state index contributed by atoms with van der Waals surface area (Å²) in [6, 6.07) is 41.3. The lowest BCUT2D eigenvalue weighted by molar-refractivity contribution is 0.320. The molecule has 0 atom stereocenters. The number of thioether (sulfide) groups is 1. The number of aromatic nitrogens is 1. The highest BCUT2D eigenvalue weighted by Gasteiger charge is 2.19. The SMILES string of the molecule is Cc1cc(C)c(O)c(-c2ccccc2OCCCSCc2ccccc2-c2cc(C)cc(-n3c4ccccc4c4ccccc43)c2O)c1. The van der Waals surface area contributed by atoms with Gasteiger partial charge >= 0.3 is 0 Å². The molecule has 0 aliphatic rings. The van der Waals surface area contributed by atoms with E-state index < -0.39 is 0 Å². The summed E-state index contributed by atoms with van der Waals surface area (Å²) in [7, 11) is 0. The van der Waals surface area contributed by atoms with Crippen molar-refractivity contribution in [1.82, 2.24) is 4.57 Å². The zero-order valence-electron chi connectivity index (χ0n) is 27.5. The van der Waals surface area contributed by atoms with Crippen molar-refractivity contribution in [2.75, 3.05) is 12.4 Å². The Labute approximate surface area is 286 Å². The highest BCUT2D eigenvalue weighted by molar-refractivity contribution is 7.98. The van der Waals surface area contributed by atoms with Crippen molar-refractivity contribution in [3.63, 3.8) is 0 Å². The van der Waals surface area contributed by atoms with E-state index in [0.29, 0.717) is 12.4 Å². The van der Waals surface area contributed by atoms with Crippen LogP contribution in [0.2, 0.25) is 0 Å². The lowest BCUT2D eigenvalue weighted by Gasteiger charge is -2.17. The van der Waals surface area contributed by atoms with E-state index in [-0.39, 0.29) is 5.75 Å². The Kier molecular flexibility index (Phi) is 8.88. The number of aromatic hydroxyl groups is 2. The fraction of sp³-hybridized carbons (Fsp3) is 0.163. The van der Waals surface area contributed by atoms with Crippen molar-refractivity contribution in [3.8, 4) is 45.2 Å². The fourth-order valence-electron chi connectivity index (χ4n) is 6.73. The summed E-state index contributed by atoms with van der Waals surface area (Å²) in [5, 5.41) is 25.0. The molecule has 1 aromatic heterocycles. The Morgan fingerprint density at radius 3 is 1.92 bits per heavy atom. The Morgan fingerprint density at radius 1 is 0.604 bits per heavy atom. The molecule has 5 heteroatoms. The van der Waals surface area contributed by atoms with Crippen LogP contribution in [0.3, 0.4) is 0 Å². The molecule has 7 aromatic rings. The van der Waals surface area contributed by atoms with Gasteiger partial charge in [0.25, 0.3) is 0 Å². The van der Waals surface area contributed by atoms with Gasteiger partial charge in [-0.05, 0) is 97.2 Å². The summed E-state index contributed by atoms with van der Waals surface area (Å²) in [5.41, 5.74) is 10.8. The van der Waals surface area contributed by atoms with Crippen LogP contribution in [0.1, 0.15) is 28.7 Å². The number of aryl methyl sites for hydroxylation is 3. The molecule has 0 amide bonds. The molecule has 240 valence electrons. The molecule has 1 heterocycles. The molecule has 0 aliphatic heterocycles. The van der Waals surface area contributed by atoms with Gasteiger partial charge < -0.3 is 19.5 Å². The molecule has 48 heavy (non-hydrogen) atoms. The van der Waals surface area contributed by atoms with Gasteiger partial charge in [-0.1, -0.05) is 84.9 Å². The highest BCUT2D eigenvalue weighted by Crippen LogP contribution is 2.42. The lowest BCUT2D eigenvalue weighted by Crippen LogP contribution is -2.01. The summed E-state index contributed by atoms with van der Waals surface area (Å²) in [5.74, 6) is 3.11. The van der Waals surface area contributed by atoms with Crippen molar-refractivity contribution in [2.45, 2.75) is 32.9 Å². The molecular formula is C43H39NO3S. The van der Waals surface area contributed by atoms with Gasteiger partial charge in [-0.3, -0.25) is 0 Å². The smallest absolute Gasteiger partial charge is 0.147 e. The normalized spacial score (nSPS) is 11.4. The lowest BCUT2D eigenvalue weighted by atomic mass is 9.97. The maximum Gasteiger partial charge on any atom is 0.147 e. The van der Waals surface area contributed by atoms with Crippen LogP contribution < -0.4 is 4.74 Å². The molecule has 0 unspecified atom stereocenters. The van der Waals surface area contributed by atoms with E-state index in [9.17, 15) is 10.2 Å². The van der Waals surface area contributed by atoms with Crippen LogP contribution in [0.4, 0.5) is 0 Å². The topological polar surface area (TPSA) is 54.6 Å². The first-order valence-corrected chi connectivity index (χ1v) is 17.6. The Balaban J connectivity index is 1.08. The molecule has 0 bridgehead atoms. The third kappa shape index (κ3) is 6.02. The van der Waals surface area contributed by atoms with Crippen LogP contribution in [0.25, 0.3) is 49.7 Å². The van der Waals surface area contributed by atoms with E-state index in [0.717, 1.165) is 79.3 Å². The second kappa shape index (κ2) is 13.5. The molecule has 0 aliphatic carbocycles. The standard InChI is InChI=1S/C43H39NO3S/c1-28-23-30(3)42(45)37(24-28)35-17-8-11-20-41(35)47-21-12-22-48-27-31-13-4-5-14-32(31)36-25-29(2)26-40(43(36)46)44-38-18-9-6-15-33(38)34-16-7-10-19-39(34)44/h4-11,13-20,23-26,45-46H,12,21-22,27H2,1-3H3. The first kappa shape index (κ1) is 31.5. The van der Waals surface area contributed by atoms with Crippen LogP contribution in [-0.2, 0) is 5.75 Å². The molecule has 0 saturated heterocycles. The van der Waals surface area contributed by atoms with Crippen molar-refractivity contribution in [3.05, 3.63) is 144 Å². The highest BCUT2D eigenvalue weighted by atomic mass is 32.2. The first-order valence-electron chi connectivity index (χ1n) is 16.4. The van der Waals surface area contributed by atoms with E-state index in [1.165, 1.54) is 16.3 Å². The Morgan fingerprint density at radius 2 is 1.19 bits per heavy atom. The number of benzene rings is 6. The summed E-state index contributed by atoms with van der Waals surface area (Å²) in [6.45, 7) is 6.64. The average molecular weight is 650 g/mol. The maximum atomic E-state index is 11.9. The minimum absolute atomic E-state index is 0.284. The van der Waals surface area contributed by atoms with Gasteiger partial charge in [-0.15, -0.1) is 0 Å². The van der Waals surface area contributed by atoms with Crippen LogP contribution in [0.15, 0.2) is 121 Å². The molecule has 7 rings (SSSR count). The summed E-state index contributed by atoms with van der Waals surface area (Å²) in [4.78, 5) is 0. The van der Waals surface area contributed by atoms with Crippen LogP contribution >= 0.6 is 11.8 Å². The molecule has 0 fully saturated rings. The van der Waals surface area contributed by atoms with Crippen molar-refractivity contribution < 1.29 is 14.9 Å². The van der Waals surface area contributed by atoms with E-state index >= 15 is 0 Å². The van der Waals surface area contributed by atoms with E-state index in [2.05, 4.69) is 90.4 Å². The number of ether oxygens (including phenoxy) is 1. The van der Waals surface area contributed by atoms with Crippen molar-refractivity contribution >= 4 is 33.6 Å². The largest absolute Gasteiger partial charge is 0.507 e. The van der Waals surface area contributed by atoms with Crippen molar-refractivity contribution in [2.24, 2.45) is 0 Å². The molecule has 6 aromatic carbocycles. The van der Waals surface area contributed by atoms with Gasteiger partial charge in [0.2, 0.25) is 0 Å². The predicted octanol–water partition coefficient (Wildman–Crippen LogP) is 11.2. The van der Waals surface area contributed by atoms with Gasteiger partial charge in [0.05, 0.1) is 23.3 Å². The van der Waals surface area contributed by atoms with Gasteiger partial charge in [0, 0.05) is 33.2 Å². The number of hydrogen-bond acceptors (Lipinski definition) is 4. The van der Waals surface area contributed by atoms with Gasteiger partial charge in [-0.25, -0.2) is 0 Å². The van der Waals surface area contributed by atoms with Crippen LogP contribution in [-0.4, -0.2) is 27.1 Å². The van der Waals surface area contributed by atoms with Gasteiger partial charge in [0.1, 0.15) is 17.2 Å². The Hall–Kier alpha value is -5.13. The number of para-hydroxylation sites is 3. The van der Waals surface area contributed by atoms with Crippen LogP contribution in [0, 0.1) is 20.8 Å². The van der Waals surface area contributed by atoms with Gasteiger partial charge in [-0.2, -0.15) is 11.8 Å². The third-order valence-corrected chi connectivity index (χ3v) is 10.0. The second-order valence-electron chi connectivity index (χ2n) is 12.4. The summed E-state index contributed by atoms with van der Waals surface area (Å²) >= 11 is 1.87. The number of nitrogens with zero attached hydrogens (tertiary/aromatic N) is 1. The first-order chi connectivity index (χ1) is 23.4. The monoisotopic (exact) mass is 649 g/mol. The van der Waals surface area contributed by atoms with Crippen molar-refractivity contribution in [1.29, 1.82) is 0 Å². The minimum Gasteiger partial charge on any atom is -0.507 e. The molecule has 4 nitrogen and oxygen atoms in total. The van der Waals surface area contributed by atoms with E-state index in [1.807, 2.05) is 68.1 Å². The number of fused-ring (bicyclic) bond motifs is 3. The van der Waals surface area contributed by atoms with Gasteiger partial charge in [0.15, 0.2) is 0 Å². The number of rotatable bonds is 10. The number of hydrogen-bond donors (Lipinski definition) is 2. The van der Waals surface area contributed by atoms with Crippen LogP contribution in [0.5, 0.6) is 17.2 Å². The molecule has 0 saturated carbocycles. The third-order valence-electron chi connectivity index (χ3n) is 8.93. The van der Waals surface area contributed by atoms with E-state index in [4.69, 9.17) is 4.74 Å². The van der Waals surface area contributed by atoms with E-state index in [1.54, 1.807) is 0 Å². The minimum atomic E-state index is 0.284. The number of phenolic OH excluding ortho intramolecular Hbond substituents is 2. The summed E-state index contributed by atoms with van der Waals surface area (Å²) < 4.78 is 8.44. The quantitative estimate of drug-likeness (QED) is 0.145. The maximum absolute atomic E-state index is 11.9. The number of phenols is 2. The zero-order valence-corrected chi connectivity index (χ0v) is 28.4. The fourth-order valence-corrected chi connectivity index (χ4v) is 7.67.